The summed E-state index contributed by atoms with van der Waals surface area (Å²) in [5.41, 5.74) is 3.48. The van der Waals surface area contributed by atoms with Crippen molar-refractivity contribution < 1.29 is 14.7 Å². The average Bonchev–Trinajstić information content (AvgIpc) is 2.84. The minimum Gasteiger partial charge on any atom is -0.478 e. The fraction of sp³-hybridized carbons (Fsp3) is 0.105. The number of carbonyl (C=O) groups is 2. The van der Waals surface area contributed by atoms with Crippen molar-refractivity contribution >= 4 is 51.9 Å². The Bertz CT molecular complexity index is 917. The zero-order chi connectivity index (χ0) is 18.1. The van der Waals surface area contributed by atoms with Gasteiger partial charge in [-0.25, -0.2) is 4.79 Å². The van der Waals surface area contributed by atoms with Crippen LogP contribution < -0.4 is 4.90 Å². The van der Waals surface area contributed by atoms with Crippen molar-refractivity contribution in [3.05, 3.63) is 69.6 Å². The second-order valence-electron chi connectivity index (χ2n) is 5.73. The van der Waals surface area contributed by atoms with E-state index in [1.54, 1.807) is 12.1 Å². The number of carbonyl (C=O) groups excluding carboxylic acids is 1. The fourth-order valence-corrected chi connectivity index (χ4v) is 3.76. The third-order valence-corrected chi connectivity index (χ3v) is 5.17. The van der Waals surface area contributed by atoms with Crippen LogP contribution in [0.3, 0.4) is 0 Å². The highest BCUT2D eigenvalue weighted by Gasteiger charge is 2.34. The molecule has 0 aromatic heterocycles. The molecule has 0 unspecified atom stereocenters. The van der Waals surface area contributed by atoms with E-state index in [0.29, 0.717) is 14.9 Å². The molecule has 126 valence electrons. The molecule has 1 saturated heterocycles. The monoisotopic (exact) mass is 369 g/mol. The molecular formula is C19H15NO3S2. The number of thiocarbonyl (C=S) groups is 1. The van der Waals surface area contributed by atoms with Crippen LogP contribution >= 0.6 is 24.0 Å². The van der Waals surface area contributed by atoms with Crippen LogP contribution in [-0.4, -0.2) is 21.3 Å². The van der Waals surface area contributed by atoms with Gasteiger partial charge in [0.2, 0.25) is 0 Å². The summed E-state index contributed by atoms with van der Waals surface area (Å²) in [6, 6.07) is 12.5. The number of carboxylic acid groups (broad SMARTS) is 1. The fourth-order valence-electron chi connectivity index (χ4n) is 2.47. The van der Waals surface area contributed by atoms with E-state index in [2.05, 4.69) is 0 Å². The standard InChI is InChI=1S/C19H15NO3S2/c1-11-3-6-13(7-4-11)9-16-17(21)20(19(24)25-16)15-10-14(18(22)23)8-5-12(15)2/h3-10H,1-2H3,(H,22,23)/b16-9-. The van der Waals surface area contributed by atoms with Crippen LogP contribution in [0.25, 0.3) is 6.08 Å². The molecule has 0 spiro atoms. The summed E-state index contributed by atoms with van der Waals surface area (Å²) in [6.07, 6.45) is 1.80. The smallest absolute Gasteiger partial charge is 0.335 e. The maximum absolute atomic E-state index is 12.8. The number of aryl methyl sites for hydroxylation is 2. The summed E-state index contributed by atoms with van der Waals surface area (Å²) >= 11 is 6.58. The number of anilines is 1. The Morgan fingerprint density at radius 2 is 1.84 bits per heavy atom. The zero-order valence-electron chi connectivity index (χ0n) is 13.6. The maximum Gasteiger partial charge on any atom is 0.335 e. The summed E-state index contributed by atoms with van der Waals surface area (Å²) in [7, 11) is 0. The van der Waals surface area contributed by atoms with E-state index in [0.717, 1.165) is 16.7 Å². The summed E-state index contributed by atoms with van der Waals surface area (Å²) in [5.74, 6) is -1.27. The van der Waals surface area contributed by atoms with Crippen molar-refractivity contribution in [1.82, 2.24) is 0 Å². The first kappa shape index (κ1) is 17.4. The number of hydrogen-bond donors (Lipinski definition) is 1. The molecule has 0 atom stereocenters. The second-order valence-corrected chi connectivity index (χ2v) is 7.41. The average molecular weight is 369 g/mol. The highest BCUT2D eigenvalue weighted by atomic mass is 32.2. The molecule has 2 aromatic carbocycles. The molecule has 1 aliphatic heterocycles. The van der Waals surface area contributed by atoms with E-state index in [4.69, 9.17) is 12.2 Å². The van der Waals surface area contributed by atoms with Gasteiger partial charge in [-0.05, 0) is 43.2 Å². The third kappa shape index (κ3) is 3.50. The van der Waals surface area contributed by atoms with Crippen molar-refractivity contribution in [1.29, 1.82) is 0 Å². The van der Waals surface area contributed by atoms with E-state index >= 15 is 0 Å². The number of aromatic carboxylic acids is 1. The molecule has 1 heterocycles. The van der Waals surface area contributed by atoms with E-state index in [1.807, 2.05) is 38.1 Å². The number of rotatable bonds is 3. The minimum absolute atomic E-state index is 0.122. The number of carboxylic acids is 1. The second kappa shape index (κ2) is 6.82. The lowest BCUT2D eigenvalue weighted by Gasteiger charge is -2.17. The lowest BCUT2D eigenvalue weighted by atomic mass is 10.1. The molecule has 6 heteroatoms. The molecule has 0 saturated carbocycles. The topological polar surface area (TPSA) is 57.6 Å². The predicted molar refractivity (Wildman–Crippen MR) is 105 cm³/mol. The molecule has 1 fully saturated rings. The molecule has 1 N–H and O–H groups in total. The Kier molecular flexibility index (Phi) is 4.74. The molecule has 0 bridgehead atoms. The quantitative estimate of drug-likeness (QED) is 0.642. The van der Waals surface area contributed by atoms with Crippen LogP contribution in [0.4, 0.5) is 5.69 Å². The molecule has 4 nitrogen and oxygen atoms in total. The lowest BCUT2D eigenvalue weighted by molar-refractivity contribution is -0.113. The molecule has 2 aromatic rings. The summed E-state index contributed by atoms with van der Waals surface area (Å²) in [6.45, 7) is 3.82. The van der Waals surface area contributed by atoms with Gasteiger partial charge in [0.25, 0.3) is 5.91 Å². The Balaban J connectivity index is 1.98. The van der Waals surface area contributed by atoms with Crippen LogP contribution in [-0.2, 0) is 4.79 Å². The minimum atomic E-state index is -1.04. The summed E-state index contributed by atoms with van der Waals surface area (Å²) < 4.78 is 0.397. The molecule has 0 radical (unpaired) electrons. The van der Waals surface area contributed by atoms with E-state index in [1.165, 1.54) is 28.8 Å². The van der Waals surface area contributed by atoms with Crippen molar-refractivity contribution in [3.63, 3.8) is 0 Å². The van der Waals surface area contributed by atoms with Gasteiger partial charge in [-0.3, -0.25) is 9.69 Å². The highest BCUT2D eigenvalue weighted by Crippen LogP contribution is 2.37. The van der Waals surface area contributed by atoms with Crippen molar-refractivity contribution in [3.8, 4) is 0 Å². The first-order valence-corrected chi connectivity index (χ1v) is 8.78. The number of nitrogens with zero attached hydrogens (tertiary/aromatic N) is 1. The van der Waals surface area contributed by atoms with Gasteiger partial charge in [-0.1, -0.05) is 59.9 Å². The largest absolute Gasteiger partial charge is 0.478 e. The van der Waals surface area contributed by atoms with Gasteiger partial charge in [-0.15, -0.1) is 0 Å². The van der Waals surface area contributed by atoms with Gasteiger partial charge in [0.1, 0.15) is 0 Å². The van der Waals surface area contributed by atoms with Gasteiger partial charge in [0, 0.05) is 0 Å². The molecule has 1 aliphatic rings. The normalized spacial score (nSPS) is 15.9. The first-order valence-electron chi connectivity index (χ1n) is 7.55. The van der Waals surface area contributed by atoms with Gasteiger partial charge in [-0.2, -0.15) is 0 Å². The molecular weight excluding hydrogens is 354 g/mol. The van der Waals surface area contributed by atoms with Gasteiger partial charge < -0.3 is 5.11 Å². The third-order valence-electron chi connectivity index (χ3n) is 3.87. The Labute approximate surface area is 155 Å². The zero-order valence-corrected chi connectivity index (χ0v) is 15.3. The Hall–Kier alpha value is -2.44. The molecule has 1 amide bonds. The predicted octanol–water partition coefficient (Wildman–Crippen LogP) is 4.41. The van der Waals surface area contributed by atoms with Crippen LogP contribution in [0.1, 0.15) is 27.0 Å². The van der Waals surface area contributed by atoms with E-state index in [-0.39, 0.29) is 11.5 Å². The number of thioether (sulfide) groups is 1. The van der Waals surface area contributed by atoms with Crippen LogP contribution in [0, 0.1) is 13.8 Å². The number of hydrogen-bond acceptors (Lipinski definition) is 4. The van der Waals surface area contributed by atoms with Gasteiger partial charge >= 0.3 is 5.97 Å². The van der Waals surface area contributed by atoms with Crippen molar-refractivity contribution in [2.45, 2.75) is 13.8 Å². The Morgan fingerprint density at radius 3 is 2.48 bits per heavy atom. The molecule has 3 rings (SSSR count). The lowest BCUT2D eigenvalue weighted by Crippen LogP contribution is -2.28. The highest BCUT2D eigenvalue weighted by molar-refractivity contribution is 8.27. The van der Waals surface area contributed by atoms with E-state index in [9.17, 15) is 14.7 Å². The van der Waals surface area contributed by atoms with Crippen molar-refractivity contribution in [2.75, 3.05) is 4.90 Å². The van der Waals surface area contributed by atoms with Gasteiger partial charge in [0.15, 0.2) is 4.32 Å². The summed E-state index contributed by atoms with van der Waals surface area (Å²) in [5, 5.41) is 9.19. The Morgan fingerprint density at radius 1 is 1.16 bits per heavy atom. The van der Waals surface area contributed by atoms with Crippen LogP contribution in [0.5, 0.6) is 0 Å². The van der Waals surface area contributed by atoms with Crippen LogP contribution in [0.15, 0.2) is 47.4 Å². The summed E-state index contributed by atoms with van der Waals surface area (Å²) in [4.78, 5) is 26.0. The molecule has 0 aliphatic carbocycles. The SMILES string of the molecule is Cc1ccc(/C=C2\SC(=S)N(c3cc(C(=O)O)ccc3C)C2=O)cc1. The first-order chi connectivity index (χ1) is 11.9. The maximum atomic E-state index is 12.8. The number of benzene rings is 2. The molecule has 25 heavy (non-hydrogen) atoms. The van der Waals surface area contributed by atoms with Crippen LogP contribution in [0.2, 0.25) is 0 Å². The van der Waals surface area contributed by atoms with Gasteiger partial charge in [0.05, 0.1) is 16.2 Å². The van der Waals surface area contributed by atoms with E-state index < -0.39 is 5.97 Å². The number of amides is 1. The van der Waals surface area contributed by atoms with Crippen molar-refractivity contribution in [2.24, 2.45) is 0 Å².